The summed E-state index contributed by atoms with van der Waals surface area (Å²) in [7, 11) is 0. The quantitative estimate of drug-likeness (QED) is 0.768. The zero-order valence-corrected chi connectivity index (χ0v) is 10.3. The number of rotatable bonds is 2. The molecule has 3 rings (SSSR count). The van der Waals surface area contributed by atoms with E-state index in [1.165, 1.54) is 12.1 Å². The predicted octanol–water partition coefficient (Wildman–Crippen LogP) is 3.57. The van der Waals surface area contributed by atoms with E-state index in [0.29, 0.717) is 13.0 Å². The monoisotopic (exact) mass is 256 g/mol. The Balaban J connectivity index is 2.00. The van der Waals surface area contributed by atoms with Crippen molar-refractivity contribution in [3.8, 4) is 5.75 Å². The molecule has 3 heteroatoms. The van der Waals surface area contributed by atoms with Crippen molar-refractivity contribution in [2.45, 2.75) is 12.3 Å². The van der Waals surface area contributed by atoms with Crippen LogP contribution in [-0.2, 0) is 0 Å². The van der Waals surface area contributed by atoms with Gasteiger partial charge in [0.1, 0.15) is 11.6 Å². The third-order valence-electron chi connectivity index (χ3n) is 3.41. The van der Waals surface area contributed by atoms with Gasteiger partial charge >= 0.3 is 0 Å². The fourth-order valence-corrected chi connectivity index (χ4v) is 2.46. The molecule has 0 spiro atoms. The second-order valence-electron chi connectivity index (χ2n) is 4.57. The molecular weight excluding hydrogens is 243 g/mol. The first-order chi connectivity index (χ1) is 9.27. The van der Waals surface area contributed by atoms with Crippen LogP contribution >= 0.6 is 0 Å². The maximum Gasteiger partial charge on any atom is 0.173 e. The van der Waals surface area contributed by atoms with Gasteiger partial charge in [0.15, 0.2) is 5.78 Å². The lowest BCUT2D eigenvalue weighted by molar-refractivity contribution is 0.0929. The van der Waals surface area contributed by atoms with Gasteiger partial charge in [-0.15, -0.1) is 0 Å². The van der Waals surface area contributed by atoms with Crippen LogP contribution in [0.3, 0.4) is 0 Å². The van der Waals surface area contributed by atoms with E-state index in [1.54, 1.807) is 12.1 Å². The Morgan fingerprint density at radius 1 is 1.11 bits per heavy atom. The van der Waals surface area contributed by atoms with E-state index in [-0.39, 0.29) is 17.3 Å². The Kier molecular flexibility index (Phi) is 3.03. The number of carbonyl (C=O) groups is 1. The molecule has 1 unspecified atom stereocenters. The highest BCUT2D eigenvalue weighted by atomic mass is 19.1. The number of hydrogen-bond donors (Lipinski definition) is 0. The van der Waals surface area contributed by atoms with Gasteiger partial charge in [-0.1, -0.05) is 30.3 Å². The average molecular weight is 256 g/mol. The molecule has 0 saturated heterocycles. The van der Waals surface area contributed by atoms with E-state index in [9.17, 15) is 9.18 Å². The summed E-state index contributed by atoms with van der Waals surface area (Å²) >= 11 is 0. The Morgan fingerprint density at radius 3 is 2.68 bits per heavy atom. The summed E-state index contributed by atoms with van der Waals surface area (Å²) in [5.74, 6) is -0.226. The zero-order valence-electron chi connectivity index (χ0n) is 10.3. The summed E-state index contributed by atoms with van der Waals surface area (Å²) < 4.78 is 19.2. The highest BCUT2D eigenvalue weighted by Crippen LogP contribution is 2.35. The first-order valence-corrected chi connectivity index (χ1v) is 6.28. The first-order valence-electron chi connectivity index (χ1n) is 6.28. The van der Waals surface area contributed by atoms with Crippen molar-refractivity contribution in [1.29, 1.82) is 0 Å². The van der Waals surface area contributed by atoms with E-state index >= 15 is 0 Å². The van der Waals surface area contributed by atoms with Crippen molar-refractivity contribution in [1.82, 2.24) is 0 Å². The molecule has 2 aromatic carbocycles. The molecule has 0 bridgehead atoms. The zero-order chi connectivity index (χ0) is 13.2. The lowest BCUT2D eigenvalue weighted by Crippen LogP contribution is -2.22. The molecule has 0 fully saturated rings. The number of halogens is 1. The molecule has 96 valence electrons. The molecule has 1 atom stereocenters. The van der Waals surface area contributed by atoms with Crippen molar-refractivity contribution in [2.24, 2.45) is 0 Å². The summed E-state index contributed by atoms with van der Waals surface area (Å²) in [6, 6.07) is 13.6. The van der Waals surface area contributed by atoms with Gasteiger partial charge in [0.05, 0.1) is 18.1 Å². The highest BCUT2D eigenvalue weighted by Gasteiger charge is 2.29. The number of hydrogen-bond acceptors (Lipinski definition) is 2. The molecule has 0 amide bonds. The molecular formula is C16H13FO2. The molecule has 19 heavy (non-hydrogen) atoms. The van der Waals surface area contributed by atoms with E-state index < -0.39 is 5.82 Å². The number of carbonyl (C=O) groups excluding carboxylic acids is 1. The van der Waals surface area contributed by atoms with Gasteiger partial charge in [-0.3, -0.25) is 4.79 Å². The van der Waals surface area contributed by atoms with E-state index in [1.807, 2.05) is 24.3 Å². The van der Waals surface area contributed by atoms with Gasteiger partial charge < -0.3 is 4.74 Å². The van der Waals surface area contributed by atoms with Gasteiger partial charge in [-0.2, -0.15) is 0 Å². The van der Waals surface area contributed by atoms with Crippen LogP contribution in [0.15, 0.2) is 48.5 Å². The predicted molar refractivity (Wildman–Crippen MR) is 70.0 cm³/mol. The molecule has 2 aromatic rings. The van der Waals surface area contributed by atoms with Crippen LogP contribution in [0.25, 0.3) is 0 Å². The molecule has 1 aliphatic heterocycles. The number of para-hydroxylation sites is 1. The minimum absolute atomic E-state index is 0.157. The highest BCUT2D eigenvalue weighted by molar-refractivity contribution is 6.01. The van der Waals surface area contributed by atoms with Crippen LogP contribution in [0.5, 0.6) is 5.75 Å². The van der Waals surface area contributed by atoms with E-state index in [0.717, 1.165) is 11.3 Å². The Labute approximate surface area is 110 Å². The van der Waals surface area contributed by atoms with Crippen molar-refractivity contribution in [3.63, 3.8) is 0 Å². The Bertz CT molecular complexity index is 622. The fourth-order valence-electron chi connectivity index (χ4n) is 2.46. The van der Waals surface area contributed by atoms with Gasteiger partial charge in [0.25, 0.3) is 0 Å². The molecule has 0 radical (unpaired) electrons. The Hall–Kier alpha value is -2.16. The summed E-state index contributed by atoms with van der Waals surface area (Å²) in [4.78, 5) is 12.5. The van der Waals surface area contributed by atoms with Crippen LogP contribution in [0.1, 0.15) is 28.3 Å². The number of ketones is 1. The number of fused-ring (bicyclic) bond motifs is 1. The minimum Gasteiger partial charge on any atom is -0.493 e. The standard InChI is InChI=1S/C16H13FO2/c17-14-7-3-1-6-13(14)16(18)12-9-10-19-15-8-4-2-5-11(12)15/h1-8,12H,9-10H2. The second kappa shape index (κ2) is 4.84. The summed E-state index contributed by atoms with van der Waals surface area (Å²) in [6.45, 7) is 0.488. The topological polar surface area (TPSA) is 26.3 Å². The van der Waals surface area contributed by atoms with Crippen molar-refractivity contribution in [2.75, 3.05) is 6.61 Å². The normalized spacial score (nSPS) is 17.4. The summed E-state index contributed by atoms with van der Waals surface area (Å²) in [5, 5.41) is 0. The average Bonchev–Trinajstić information content (AvgIpc) is 2.46. The maximum absolute atomic E-state index is 13.7. The summed E-state index contributed by atoms with van der Waals surface area (Å²) in [5.41, 5.74) is 1.01. The van der Waals surface area contributed by atoms with Crippen LogP contribution < -0.4 is 4.74 Å². The second-order valence-corrected chi connectivity index (χ2v) is 4.57. The van der Waals surface area contributed by atoms with Crippen molar-refractivity contribution < 1.29 is 13.9 Å². The molecule has 1 heterocycles. The van der Waals surface area contributed by atoms with Crippen LogP contribution in [0, 0.1) is 5.82 Å². The van der Waals surface area contributed by atoms with Gasteiger partial charge in [0, 0.05) is 5.56 Å². The fraction of sp³-hybridized carbons (Fsp3) is 0.188. The van der Waals surface area contributed by atoms with Gasteiger partial charge in [-0.05, 0) is 24.6 Å². The lowest BCUT2D eigenvalue weighted by atomic mass is 9.86. The van der Waals surface area contributed by atoms with Crippen molar-refractivity contribution in [3.05, 3.63) is 65.5 Å². The number of ether oxygens (including phenoxy) is 1. The summed E-state index contributed by atoms with van der Waals surface area (Å²) in [6.07, 6.45) is 0.587. The maximum atomic E-state index is 13.7. The number of Topliss-reactive ketones (excluding diaryl/α,β-unsaturated/α-hetero) is 1. The van der Waals surface area contributed by atoms with Crippen LogP contribution in [0.4, 0.5) is 4.39 Å². The van der Waals surface area contributed by atoms with Crippen LogP contribution in [0.2, 0.25) is 0 Å². The van der Waals surface area contributed by atoms with Gasteiger partial charge in [-0.25, -0.2) is 4.39 Å². The van der Waals surface area contributed by atoms with Crippen molar-refractivity contribution >= 4 is 5.78 Å². The molecule has 0 N–H and O–H groups in total. The van der Waals surface area contributed by atoms with Gasteiger partial charge in [0.2, 0.25) is 0 Å². The van der Waals surface area contributed by atoms with Crippen LogP contribution in [-0.4, -0.2) is 12.4 Å². The molecule has 0 aliphatic carbocycles. The van der Waals surface area contributed by atoms with E-state index in [2.05, 4.69) is 0 Å². The third-order valence-corrected chi connectivity index (χ3v) is 3.41. The SMILES string of the molecule is O=C(c1ccccc1F)C1CCOc2ccccc21. The molecule has 1 aliphatic rings. The molecule has 0 aromatic heterocycles. The van der Waals surface area contributed by atoms with E-state index in [4.69, 9.17) is 4.74 Å². The smallest absolute Gasteiger partial charge is 0.173 e. The largest absolute Gasteiger partial charge is 0.493 e. The minimum atomic E-state index is -0.462. The third kappa shape index (κ3) is 2.12. The molecule has 0 saturated carbocycles. The first kappa shape index (κ1) is 11.9. The molecule has 2 nitrogen and oxygen atoms in total. The number of benzene rings is 2. The lowest BCUT2D eigenvalue weighted by Gasteiger charge is -2.24. The Morgan fingerprint density at radius 2 is 1.84 bits per heavy atom.